The highest BCUT2D eigenvalue weighted by atomic mass is 16.5. The lowest BCUT2D eigenvalue weighted by Crippen LogP contribution is -2.21. The Hall–Kier alpha value is -1.06. The van der Waals surface area contributed by atoms with Crippen molar-refractivity contribution >= 4 is 0 Å². The topological polar surface area (TPSA) is 41.5 Å². The van der Waals surface area contributed by atoms with Crippen LogP contribution in [0.4, 0.5) is 0 Å². The van der Waals surface area contributed by atoms with E-state index in [2.05, 4.69) is 17.4 Å². The molecule has 2 atom stereocenters. The van der Waals surface area contributed by atoms with Crippen LogP contribution in [0, 0.1) is 0 Å². The van der Waals surface area contributed by atoms with E-state index in [0.29, 0.717) is 12.6 Å². The molecule has 2 rings (SSSR count). The van der Waals surface area contributed by atoms with E-state index in [1.54, 1.807) is 0 Å². The molecule has 1 aromatic carbocycles. The van der Waals surface area contributed by atoms with Crippen LogP contribution < -0.4 is 10.1 Å². The fraction of sp³-hybridized carbons (Fsp3) is 0.600. The van der Waals surface area contributed by atoms with Crippen LogP contribution in [0.25, 0.3) is 0 Å². The van der Waals surface area contributed by atoms with Crippen LogP contribution in [0.2, 0.25) is 0 Å². The van der Waals surface area contributed by atoms with Gasteiger partial charge >= 0.3 is 0 Å². The Bertz CT molecular complexity index is 392. The van der Waals surface area contributed by atoms with Gasteiger partial charge in [-0.15, -0.1) is 0 Å². The molecule has 2 N–H and O–H groups in total. The molecule has 1 aromatic rings. The molecule has 3 nitrogen and oxygen atoms in total. The normalized spacial score (nSPS) is 20.3. The largest absolute Gasteiger partial charge is 0.491 e. The van der Waals surface area contributed by atoms with E-state index in [1.165, 1.54) is 24.0 Å². The minimum Gasteiger partial charge on any atom is -0.491 e. The summed E-state index contributed by atoms with van der Waals surface area (Å²) in [5.74, 6) is 0.873. The Morgan fingerprint density at radius 1 is 1.50 bits per heavy atom. The molecule has 2 unspecified atom stereocenters. The number of aliphatic hydroxyl groups is 1. The number of benzene rings is 1. The van der Waals surface area contributed by atoms with Gasteiger partial charge in [-0.3, -0.25) is 0 Å². The molecule has 0 spiro atoms. The maximum atomic E-state index is 9.50. The van der Waals surface area contributed by atoms with Crippen LogP contribution in [0.3, 0.4) is 0 Å². The van der Waals surface area contributed by atoms with Gasteiger partial charge in [0.15, 0.2) is 0 Å². The third-order valence-corrected chi connectivity index (χ3v) is 3.69. The summed E-state index contributed by atoms with van der Waals surface area (Å²) in [7, 11) is 2.02. The van der Waals surface area contributed by atoms with Gasteiger partial charge in [-0.05, 0) is 56.0 Å². The van der Waals surface area contributed by atoms with E-state index in [4.69, 9.17) is 4.74 Å². The van der Waals surface area contributed by atoms with Crippen molar-refractivity contribution in [1.82, 2.24) is 5.32 Å². The smallest absolute Gasteiger partial charge is 0.119 e. The number of fused-ring (bicyclic) bond motifs is 1. The number of aryl methyl sites for hydroxylation is 1. The zero-order chi connectivity index (χ0) is 13.0. The molecule has 100 valence electrons. The highest BCUT2D eigenvalue weighted by Crippen LogP contribution is 2.31. The minimum atomic E-state index is -0.369. The molecule has 0 saturated heterocycles. The molecular formula is C15H23NO2. The maximum absolute atomic E-state index is 9.50. The van der Waals surface area contributed by atoms with E-state index < -0.39 is 0 Å². The molecule has 1 aliphatic carbocycles. The second-order valence-electron chi connectivity index (χ2n) is 4.97. The first-order chi connectivity index (χ1) is 8.74. The van der Waals surface area contributed by atoms with Gasteiger partial charge in [-0.2, -0.15) is 0 Å². The Morgan fingerprint density at radius 3 is 3.06 bits per heavy atom. The second-order valence-corrected chi connectivity index (χ2v) is 4.97. The molecule has 0 saturated carbocycles. The van der Waals surface area contributed by atoms with Crippen LogP contribution in [0.1, 0.15) is 43.4 Å². The van der Waals surface area contributed by atoms with E-state index in [-0.39, 0.29) is 6.10 Å². The zero-order valence-corrected chi connectivity index (χ0v) is 11.3. The number of rotatable bonds is 5. The zero-order valence-electron chi connectivity index (χ0n) is 11.3. The fourth-order valence-corrected chi connectivity index (χ4v) is 2.49. The van der Waals surface area contributed by atoms with Crippen molar-refractivity contribution in [3.63, 3.8) is 0 Å². The maximum Gasteiger partial charge on any atom is 0.119 e. The summed E-state index contributed by atoms with van der Waals surface area (Å²) in [5.41, 5.74) is 2.77. The molecule has 0 amide bonds. The van der Waals surface area contributed by atoms with Crippen LogP contribution in [0.5, 0.6) is 5.75 Å². The first-order valence-electron chi connectivity index (χ1n) is 6.85. The lowest BCUT2D eigenvalue weighted by molar-refractivity contribution is 0.104. The van der Waals surface area contributed by atoms with Crippen molar-refractivity contribution in [1.29, 1.82) is 0 Å². The molecule has 0 aromatic heterocycles. The number of ether oxygens (including phenoxy) is 1. The van der Waals surface area contributed by atoms with Gasteiger partial charge in [0.1, 0.15) is 12.4 Å². The first kappa shape index (κ1) is 13.4. The SMILES string of the molecule is CCC(O)COc1ccc2c(c1)CCCC2NC. The molecule has 18 heavy (non-hydrogen) atoms. The molecule has 1 aliphatic rings. The van der Waals surface area contributed by atoms with Crippen LogP contribution >= 0.6 is 0 Å². The number of hydrogen-bond acceptors (Lipinski definition) is 3. The Kier molecular flexibility index (Phi) is 4.61. The summed E-state index contributed by atoms with van der Waals surface area (Å²) < 4.78 is 5.62. The Morgan fingerprint density at radius 2 is 2.33 bits per heavy atom. The van der Waals surface area contributed by atoms with Crippen molar-refractivity contribution in [3.05, 3.63) is 29.3 Å². The van der Waals surface area contributed by atoms with Crippen molar-refractivity contribution in [3.8, 4) is 5.75 Å². The molecule has 0 radical (unpaired) electrons. The van der Waals surface area contributed by atoms with E-state index >= 15 is 0 Å². The predicted octanol–water partition coefficient (Wildman–Crippen LogP) is 2.43. The summed E-state index contributed by atoms with van der Waals surface area (Å²) in [5, 5.41) is 12.9. The summed E-state index contributed by atoms with van der Waals surface area (Å²) >= 11 is 0. The van der Waals surface area contributed by atoms with E-state index in [9.17, 15) is 5.11 Å². The van der Waals surface area contributed by atoms with Gasteiger partial charge in [-0.1, -0.05) is 13.0 Å². The summed E-state index contributed by atoms with van der Waals surface area (Å²) in [4.78, 5) is 0. The van der Waals surface area contributed by atoms with Gasteiger partial charge < -0.3 is 15.2 Å². The average Bonchev–Trinajstić information content (AvgIpc) is 2.43. The Balaban J connectivity index is 2.07. The highest BCUT2D eigenvalue weighted by molar-refractivity contribution is 5.39. The lowest BCUT2D eigenvalue weighted by Gasteiger charge is -2.25. The fourth-order valence-electron chi connectivity index (χ4n) is 2.49. The molecule has 3 heteroatoms. The van der Waals surface area contributed by atoms with Crippen LogP contribution in [-0.4, -0.2) is 24.9 Å². The van der Waals surface area contributed by atoms with E-state index in [0.717, 1.165) is 18.6 Å². The van der Waals surface area contributed by atoms with Crippen LogP contribution in [0.15, 0.2) is 18.2 Å². The van der Waals surface area contributed by atoms with Gasteiger partial charge in [0.2, 0.25) is 0 Å². The standard InChI is InChI=1S/C15H23NO2/c1-3-12(17)10-18-13-7-8-14-11(9-13)5-4-6-15(14)16-2/h7-9,12,15-17H,3-6,10H2,1-2H3. The predicted molar refractivity (Wildman–Crippen MR) is 73.0 cm³/mol. The van der Waals surface area contributed by atoms with Gasteiger partial charge in [0, 0.05) is 6.04 Å². The highest BCUT2D eigenvalue weighted by Gasteiger charge is 2.18. The Labute approximate surface area is 109 Å². The second kappa shape index (κ2) is 6.21. The summed E-state index contributed by atoms with van der Waals surface area (Å²) in [6.45, 7) is 2.34. The quantitative estimate of drug-likeness (QED) is 0.842. The average molecular weight is 249 g/mol. The number of hydrogen-bond donors (Lipinski definition) is 2. The van der Waals surface area contributed by atoms with Gasteiger partial charge in [0.05, 0.1) is 6.10 Å². The van der Waals surface area contributed by atoms with Crippen molar-refractivity contribution in [2.75, 3.05) is 13.7 Å². The first-order valence-corrected chi connectivity index (χ1v) is 6.85. The van der Waals surface area contributed by atoms with Crippen LogP contribution in [-0.2, 0) is 6.42 Å². The van der Waals surface area contributed by atoms with Gasteiger partial charge in [0.25, 0.3) is 0 Å². The number of nitrogens with one attached hydrogen (secondary N) is 1. The monoisotopic (exact) mass is 249 g/mol. The lowest BCUT2D eigenvalue weighted by atomic mass is 9.87. The van der Waals surface area contributed by atoms with Gasteiger partial charge in [-0.25, -0.2) is 0 Å². The molecule has 0 bridgehead atoms. The minimum absolute atomic E-state index is 0.369. The third-order valence-electron chi connectivity index (χ3n) is 3.69. The van der Waals surface area contributed by atoms with Crippen molar-refractivity contribution in [2.24, 2.45) is 0 Å². The molecule has 0 heterocycles. The molecular weight excluding hydrogens is 226 g/mol. The molecule has 0 aliphatic heterocycles. The third kappa shape index (κ3) is 3.03. The summed E-state index contributed by atoms with van der Waals surface area (Å²) in [6.07, 6.45) is 3.91. The van der Waals surface area contributed by atoms with Crippen molar-refractivity contribution in [2.45, 2.75) is 44.8 Å². The van der Waals surface area contributed by atoms with Crippen molar-refractivity contribution < 1.29 is 9.84 Å². The number of aliphatic hydroxyl groups excluding tert-OH is 1. The summed E-state index contributed by atoms with van der Waals surface area (Å²) in [6, 6.07) is 6.77. The molecule has 0 fully saturated rings. The van der Waals surface area contributed by atoms with E-state index in [1.807, 2.05) is 20.0 Å².